The van der Waals surface area contributed by atoms with Gasteiger partial charge in [0, 0.05) is 40.7 Å². The third-order valence-corrected chi connectivity index (χ3v) is 8.91. The van der Waals surface area contributed by atoms with Gasteiger partial charge >= 0.3 is 0 Å². The second-order valence-corrected chi connectivity index (χ2v) is 11.4. The van der Waals surface area contributed by atoms with Gasteiger partial charge in [-0.1, -0.05) is 74.5 Å². The zero-order chi connectivity index (χ0) is 27.0. The number of para-hydroxylation sites is 2. The van der Waals surface area contributed by atoms with Crippen molar-refractivity contribution in [3.63, 3.8) is 0 Å². The molecular weight excluding hydrogens is 490 g/mol. The Labute approximate surface area is 233 Å². The lowest BCUT2D eigenvalue weighted by Gasteiger charge is -2.33. The average molecular weight is 518 g/mol. The maximum Gasteiger partial charge on any atom is 0.195 e. The summed E-state index contributed by atoms with van der Waals surface area (Å²) in [5, 5.41) is 0. The first-order valence-corrected chi connectivity index (χ1v) is 13.8. The molecule has 3 aliphatic rings. The van der Waals surface area contributed by atoms with E-state index in [1.807, 2.05) is 30.3 Å². The van der Waals surface area contributed by atoms with Crippen molar-refractivity contribution in [2.24, 2.45) is 0 Å². The summed E-state index contributed by atoms with van der Waals surface area (Å²) in [5.74, 6) is 0.216. The van der Waals surface area contributed by atoms with Crippen LogP contribution in [-0.2, 0) is 5.41 Å². The normalized spacial score (nSPS) is 19.8. The van der Waals surface area contributed by atoms with E-state index in [9.17, 15) is 4.79 Å². The molecule has 0 bridgehead atoms. The van der Waals surface area contributed by atoms with Crippen molar-refractivity contribution in [3.8, 4) is 0 Å². The molecule has 40 heavy (non-hydrogen) atoms. The summed E-state index contributed by atoms with van der Waals surface area (Å²) in [4.78, 5) is 24.7. The number of aromatic nitrogens is 2. The molecule has 2 heterocycles. The molecule has 5 aromatic rings. The molecule has 0 spiro atoms. The fourth-order valence-electron chi connectivity index (χ4n) is 6.99. The van der Waals surface area contributed by atoms with Crippen LogP contribution >= 0.6 is 0 Å². The summed E-state index contributed by atoms with van der Waals surface area (Å²) in [6.07, 6.45) is 8.27. The number of benzene rings is 4. The number of carbonyl (C=O) groups excluding carboxylic acids is 1. The zero-order valence-electron chi connectivity index (χ0n) is 22.4. The summed E-state index contributed by atoms with van der Waals surface area (Å²) < 4.78 is 0. The molecule has 0 radical (unpaired) electrons. The zero-order valence-corrected chi connectivity index (χ0v) is 22.4. The maximum absolute atomic E-state index is 13.5. The molecule has 2 aliphatic carbocycles. The van der Waals surface area contributed by atoms with Crippen LogP contribution < -0.4 is 4.90 Å². The second kappa shape index (κ2) is 8.33. The van der Waals surface area contributed by atoms with Crippen LogP contribution in [0.3, 0.4) is 0 Å². The Morgan fingerprint density at radius 2 is 1.57 bits per heavy atom. The van der Waals surface area contributed by atoms with Gasteiger partial charge in [0.15, 0.2) is 5.78 Å². The SMILES string of the molecule is CC1(C)C2=CC3c4ccccc4N(c4ccc(C(=O)c5cccc6nccnc56)cc4)C3C=C2c2ccccc21. The lowest BCUT2D eigenvalue weighted by atomic mass is 9.76. The van der Waals surface area contributed by atoms with Gasteiger partial charge in [0.2, 0.25) is 0 Å². The van der Waals surface area contributed by atoms with Crippen molar-refractivity contribution < 1.29 is 4.79 Å². The van der Waals surface area contributed by atoms with Crippen LogP contribution in [0.15, 0.2) is 121 Å². The summed E-state index contributed by atoms with van der Waals surface area (Å²) >= 11 is 0. The molecule has 0 saturated carbocycles. The van der Waals surface area contributed by atoms with Crippen molar-refractivity contribution in [3.05, 3.63) is 149 Å². The number of nitrogens with zero attached hydrogens (tertiary/aromatic N) is 3. The van der Waals surface area contributed by atoms with Crippen molar-refractivity contribution in [2.45, 2.75) is 31.2 Å². The Morgan fingerprint density at radius 1 is 0.800 bits per heavy atom. The Bertz CT molecular complexity index is 1910. The van der Waals surface area contributed by atoms with Gasteiger partial charge in [-0.2, -0.15) is 0 Å². The van der Waals surface area contributed by atoms with Gasteiger partial charge in [-0.3, -0.25) is 14.8 Å². The number of hydrogen-bond acceptors (Lipinski definition) is 4. The molecule has 0 saturated heterocycles. The highest BCUT2D eigenvalue weighted by Crippen LogP contribution is 2.57. The van der Waals surface area contributed by atoms with Gasteiger partial charge in [0.1, 0.15) is 0 Å². The first-order valence-electron chi connectivity index (χ1n) is 13.8. The van der Waals surface area contributed by atoms with Gasteiger partial charge in [0.05, 0.1) is 22.6 Å². The molecule has 0 fully saturated rings. The molecule has 4 heteroatoms. The lowest BCUT2D eigenvalue weighted by Crippen LogP contribution is -2.30. The van der Waals surface area contributed by atoms with E-state index < -0.39 is 0 Å². The molecule has 1 aliphatic heterocycles. The number of rotatable bonds is 3. The minimum Gasteiger partial charge on any atom is -0.333 e. The van der Waals surface area contributed by atoms with E-state index in [1.54, 1.807) is 12.4 Å². The highest BCUT2D eigenvalue weighted by molar-refractivity contribution is 6.15. The van der Waals surface area contributed by atoms with Crippen molar-refractivity contribution in [1.29, 1.82) is 0 Å². The molecule has 0 N–H and O–H groups in total. The predicted molar refractivity (Wildman–Crippen MR) is 160 cm³/mol. The van der Waals surface area contributed by atoms with Crippen LogP contribution in [0.4, 0.5) is 11.4 Å². The molecule has 8 rings (SSSR count). The molecule has 192 valence electrons. The van der Waals surface area contributed by atoms with Crippen molar-refractivity contribution in [2.75, 3.05) is 4.90 Å². The monoisotopic (exact) mass is 517 g/mol. The second-order valence-electron chi connectivity index (χ2n) is 11.4. The standard InChI is InChI=1S/C36H27N3O/c1-36(2)29-11-5-3-8-24(29)27-21-33-28(20-30(27)36)25-9-4-6-13-32(25)39(33)23-16-14-22(15-17-23)35(40)26-10-7-12-31-34(26)38-19-18-37-31/h3-21,28,33H,1-2H3. The highest BCUT2D eigenvalue weighted by Gasteiger charge is 2.46. The highest BCUT2D eigenvalue weighted by atomic mass is 16.1. The third kappa shape index (κ3) is 3.16. The summed E-state index contributed by atoms with van der Waals surface area (Å²) in [6.45, 7) is 4.68. The number of carbonyl (C=O) groups is 1. The van der Waals surface area contributed by atoms with Gasteiger partial charge in [0.25, 0.3) is 0 Å². The van der Waals surface area contributed by atoms with E-state index in [2.05, 4.69) is 102 Å². The van der Waals surface area contributed by atoms with Crippen LogP contribution in [-0.4, -0.2) is 21.8 Å². The fourth-order valence-corrected chi connectivity index (χ4v) is 6.99. The maximum atomic E-state index is 13.5. The van der Waals surface area contributed by atoms with Crippen LogP contribution in [0.2, 0.25) is 0 Å². The van der Waals surface area contributed by atoms with Crippen LogP contribution in [0.5, 0.6) is 0 Å². The van der Waals surface area contributed by atoms with Gasteiger partial charge in [-0.25, -0.2) is 0 Å². The topological polar surface area (TPSA) is 46.1 Å². The summed E-state index contributed by atoms with van der Waals surface area (Å²) in [5.41, 5.74) is 11.7. The van der Waals surface area contributed by atoms with Crippen LogP contribution in [0.1, 0.15) is 52.4 Å². The molecule has 0 amide bonds. The molecule has 4 aromatic carbocycles. The van der Waals surface area contributed by atoms with E-state index in [1.165, 1.54) is 33.5 Å². The molecule has 4 nitrogen and oxygen atoms in total. The quantitative estimate of drug-likeness (QED) is 0.229. The molecule has 2 unspecified atom stereocenters. The summed E-state index contributed by atoms with van der Waals surface area (Å²) in [7, 11) is 0. The Hall–Kier alpha value is -4.83. The first-order chi connectivity index (χ1) is 19.5. The first kappa shape index (κ1) is 23.1. The number of anilines is 2. The Kier molecular flexibility index (Phi) is 4.81. The average Bonchev–Trinajstić information content (AvgIpc) is 3.44. The van der Waals surface area contributed by atoms with Crippen molar-refractivity contribution in [1.82, 2.24) is 9.97 Å². The number of ketones is 1. The van der Waals surface area contributed by atoms with E-state index in [4.69, 9.17) is 0 Å². The minimum atomic E-state index is -0.0468. The largest absolute Gasteiger partial charge is 0.333 e. The number of allylic oxidation sites excluding steroid dienone is 2. The van der Waals surface area contributed by atoms with Crippen LogP contribution in [0.25, 0.3) is 16.6 Å². The van der Waals surface area contributed by atoms with Gasteiger partial charge < -0.3 is 4.90 Å². The van der Waals surface area contributed by atoms with E-state index in [-0.39, 0.29) is 23.2 Å². The van der Waals surface area contributed by atoms with Crippen molar-refractivity contribution >= 4 is 33.8 Å². The van der Waals surface area contributed by atoms with Crippen LogP contribution in [0, 0.1) is 0 Å². The van der Waals surface area contributed by atoms with E-state index in [0.717, 1.165) is 11.2 Å². The Balaban J connectivity index is 1.21. The van der Waals surface area contributed by atoms with Gasteiger partial charge in [-0.05, 0) is 70.3 Å². The predicted octanol–water partition coefficient (Wildman–Crippen LogP) is 7.78. The smallest absolute Gasteiger partial charge is 0.195 e. The Morgan fingerprint density at radius 3 is 2.45 bits per heavy atom. The molecular formula is C36H27N3O. The summed E-state index contributed by atoms with van der Waals surface area (Å²) in [6, 6.07) is 31.3. The minimum absolute atomic E-state index is 0.0240. The lowest BCUT2D eigenvalue weighted by molar-refractivity contribution is 0.104. The molecule has 1 aromatic heterocycles. The number of hydrogen-bond donors (Lipinski definition) is 0. The van der Waals surface area contributed by atoms with E-state index >= 15 is 0 Å². The number of fused-ring (bicyclic) bond motifs is 7. The third-order valence-electron chi connectivity index (χ3n) is 8.91. The van der Waals surface area contributed by atoms with Gasteiger partial charge in [-0.15, -0.1) is 0 Å². The molecule has 2 atom stereocenters. The van der Waals surface area contributed by atoms with E-state index in [0.29, 0.717) is 16.6 Å². The fraction of sp³-hybridized carbons (Fsp3) is 0.139.